The fourth-order valence-corrected chi connectivity index (χ4v) is 3.23. The maximum Gasteiger partial charge on any atom is 0.335 e. The second-order valence-corrected chi connectivity index (χ2v) is 8.64. The van der Waals surface area contributed by atoms with Crippen LogP contribution in [0.2, 0.25) is 0 Å². The summed E-state index contributed by atoms with van der Waals surface area (Å²) in [6.45, 7) is 10.0. The first-order chi connectivity index (χ1) is 12.2. The summed E-state index contributed by atoms with van der Waals surface area (Å²) < 4.78 is 5.60. The molecule has 0 aliphatic carbocycles. The van der Waals surface area contributed by atoms with Crippen LogP contribution in [0.5, 0.6) is 0 Å². The lowest BCUT2D eigenvalue weighted by atomic mass is 10.0. The molecule has 138 valence electrons. The maximum atomic E-state index is 12.7. The summed E-state index contributed by atoms with van der Waals surface area (Å²) in [5.41, 5.74) is 2.48. The molecule has 0 aliphatic heterocycles. The number of thioether (sulfide) groups is 1. The van der Waals surface area contributed by atoms with Gasteiger partial charge in [-0.15, -0.1) is 11.8 Å². The average Bonchev–Trinajstić information content (AvgIpc) is 2.58. The third kappa shape index (κ3) is 6.72. The summed E-state index contributed by atoms with van der Waals surface area (Å²) in [7, 11) is 0. The normalized spacial score (nSPS) is 12.3. The second-order valence-electron chi connectivity index (χ2n) is 7.59. The highest BCUT2D eigenvalue weighted by Crippen LogP contribution is 2.24. The van der Waals surface area contributed by atoms with Crippen LogP contribution < -0.4 is 0 Å². The second kappa shape index (κ2) is 9.09. The summed E-state index contributed by atoms with van der Waals surface area (Å²) >= 11 is 1.64. The molecule has 2 rings (SSSR count). The minimum absolute atomic E-state index is 0.256. The van der Waals surface area contributed by atoms with Gasteiger partial charge in [0.15, 0.2) is 0 Å². The van der Waals surface area contributed by atoms with E-state index in [4.69, 9.17) is 4.74 Å². The fraction of sp³-hybridized carbons (Fsp3) is 0.348. The molecule has 2 aromatic carbocycles. The standard InChI is InChI=1S/C23H28O2S/c1-17(2)19-13-11-18(12-14-19)15-20(22(24)25-23(3,4)5)16-26-21-9-7-6-8-10-21/h6-15,17H,16H2,1-5H3/b20-15+. The van der Waals surface area contributed by atoms with Crippen molar-refractivity contribution >= 4 is 23.8 Å². The number of hydrogen-bond donors (Lipinski definition) is 0. The Morgan fingerprint density at radius 3 is 2.19 bits per heavy atom. The van der Waals surface area contributed by atoms with Gasteiger partial charge in [-0.2, -0.15) is 0 Å². The first kappa shape index (κ1) is 20.3. The molecule has 0 saturated carbocycles. The molecular weight excluding hydrogens is 340 g/mol. The number of benzene rings is 2. The van der Waals surface area contributed by atoms with Crippen molar-refractivity contribution in [2.75, 3.05) is 5.75 Å². The van der Waals surface area contributed by atoms with Crippen LogP contribution in [0.15, 0.2) is 65.1 Å². The Balaban J connectivity index is 2.22. The lowest BCUT2D eigenvalue weighted by Crippen LogP contribution is -2.25. The first-order valence-corrected chi connectivity index (χ1v) is 9.95. The van der Waals surface area contributed by atoms with Crippen LogP contribution in [-0.2, 0) is 9.53 Å². The van der Waals surface area contributed by atoms with Crippen LogP contribution in [0, 0.1) is 0 Å². The third-order valence-electron chi connectivity index (χ3n) is 3.74. The summed E-state index contributed by atoms with van der Waals surface area (Å²) in [4.78, 5) is 13.8. The molecule has 0 unspecified atom stereocenters. The minimum Gasteiger partial charge on any atom is -0.457 e. The molecule has 0 heterocycles. The van der Waals surface area contributed by atoms with Crippen LogP contribution in [0.3, 0.4) is 0 Å². The third-order valence-corrected chi connectivity index (χ3v) is 4.80. The molecule has 0 N–H and O–H groups in total. The Kier molecular flexibility index (Phi) is 7.10. The Bertz CT molecular complexity index is 738. The van der Waals surface area contributed by atoms with E-state index >= 15 is 0 Å². The smallest absolute Gasteiger partial charge is 0.335 e. The summed E-state index contributed by atoms with van der Waals surface area (Å²) in [6, 6.07) is 18.5. The summed E-state index contributed by atoms with van der Waals surface area (Å²) in [5.74, 6) is 0.811. The Morgan fingerprint density at radius 2 is 1.65 bits per heavy atom. The van der Waals surface area contributed by atoms with Crippen molar-refractivity contribution in [2.24, 2.45) is 0 Å². The molecule has 0 aliphatic rings. The minimum atomic E-state index is -0.505. The van der Waals surface area contributed by atoms with Crippen molar-refractivity contribution in [3.8, 4) is 0 Å². The molecule has 3 heteroatoms. The van der Waals surface area contributed by atoms with E-state index in [2.05, 4.69) is 50.2 Å². The summed E-state index contributed by atoms with van der Waals surface area (Å²) in [6.07, 6.45) is 1.94. The van der Waals surface area contributed by atoms with E-state index in [-0.39, 0.29) is 5.97 Å². The van der Waals surface area contributed by atoms with E-state index in [0.29, 0.717) is 17.2 Å². The fourth-order valence-electron chi connectivity index (χ4n) is 2.36. The van der Waals surface area contributed by atoms with Crippen LogP contribution in [0.1, 0.15) is 51.7 Å². The molecule has 0 atom stereocenters. The highest BCUT2D eigenvalue weighted by molar-refractivity contribution is 7.99. The molecule has 2 nitrogen and oxygen atoms in total. The van der Waals surface area contributed by atoms with E-state index in [1.54, 1.807) is 11.8 Å². The van der Waals surface area contributed by atoms with Crippen LogP contribution in [0.4, 0.5) is 0 Å². The first-order valence-electron chi connectivity index (χ1n) is 8.96. The lowest BCUT2D eigenvalue weighted by Gasteiger charge is -2.20. The quantitative estimate of drug-likeness (QED) is 0.339. The van der Waals surface area contributed by atoms with Gasteiger partial charge in [-0.1, -0.05) is 56.3 Å². The summed E-state index contributed by atoms with van der Waals surface area (Å²) in [5, 5.41) is 0. The molecule has 0 spiro atoms. The van der Waals surface area contributed by atoms with E-state index in [9.17, 15) is 4.79 Å². The predicted molar refractivity (Wildman–Crippen MR) is 112 cm³/mol. The molecule has 0 fully saturated rings. The number of carbonyl (C=O) groups excluding carboxylic acids is 1. The molecule has 2 aromatic rings. The number of ether oxygens (including phenoxy) is 1. The van der Waals surface area contributed by atoms with Crippen LogP contribution in [0.25, 0.3) is 6.08 Å². The van der Waals surface area contributed by atoms with Crippen molar-refractivity contribution in [1.29, 1.82) is 0 Å². The van der Waals surface area contributed by atoms with E-state index in [1.807, 2.05) is 45.0 Å². The van der Waals surface area contributed by atoms with Crippen molar-refractivity contribution in [3.05, 3.63) is 71.3 Å². The van der Waals surface area contributed by atoms with E-state index in [0.717, 1.165) is 10.5 Å². The van der Waals surface area contributed by atoms with E-state index in [1.165, 1.54) is 5.56 Å². The Morgan fingerprint density at radius 1 is 1.04 bits per heavy atom. The zero-order chi connectivity index (χ0) is 19.2. The number of rotatable bonds is 6. The molecule has 0 amide bonds. The predicted octanol–water partition coefficient (Wildman–Crippen LogP) is 6.33. The van der Waals surface area contributed by atoms with Gasteiger partial charge in [0, 0.05) is 16.2 Å². The van der Waals surface area contributed by atoms with Gasteiger partial charge in [-0.3, -0.25) is 0 Å². The number of esters is 1. The molecule has 0 radical (unpaired) electrons. The molecular formula is C23H28O2S. The van der Waals surface area contributed by atoms with Gasteiger partial charge in [0.05, 0.1) is 0 Å². The highest BCUT2D eigenvalue weighted by Gasteiger charge is 2.20. The van der Waals surface area contributed by atoms with Crippen molar-refractivity contribution in [3.63, 3.8) is 0 Å². The zero-order valence-electron chi connectivity index (χ0n) is 16.3. The molecule has 0 bridgehead atoms. The van der Waals surface area contributed by atoms with Crippen molar-refractivity contribution in [2.45, 2.75) is 51.0 Å². The van der Waals surface area contributed by atoms with Crippen LogP contribution in [-0.4, -0.2) is 17.3 Å². The van der Waals surface area contributed by atoms with Crippen LogP contribution >= 0.6 is 11.8 Å². The molecule has 26 heavy (non-hydrogen) atoms. The maximum absolute atomic E-state index is 12.7. The van der Waals surface area contributed by atoms with Gasteiger partial charge < -0.3 is 4.74 Å². The number of hydrogen-bond acceptors (Lipinski definition) is 3. The Hall–Kier alpha value is -2.00. The van der Waals surface area contributed by atoms with Gasteiger partial charge in [-0.25, -0.2) is 4.79 Å². The highest BCUT2D eigenvalue weighted by atomic mass is 32.2. The Labute approximate surface area is 161 Å². The van der Waals surface area contributed by atoms with Gasteiger partial charge in [0.1, 0.15) is 5.60 Å². The molecule has 0 saturated heterocycles. The van der Waals surface area contributed by atoms with Crippen molar-refractivity contribution < 1.29 is 9.53 Å². The number of carbonyl (C=O) groups is 1. The largest absolute Gasteiger partial charge is 0.457 e. The monoisotopic (exact) mass is 368 g/mol. The average molecular weight is 369 g/mol. The van der Waals surface area contributed by atoms with Gasteiger partial charge >= 0.3 is 5.97 Å². The van der Waals surface area contributed by atoms with Crippen molar-refractivity contribution in [1.82, 2.24) is 0 Å². The van der Waals surface area contributed by atoms with Gasteiger partial charge in [0.2, 0.25) is 0 Å². The molecule has 0 aromatic heterocycles. The van der Waals surface area contributed by atoms with Gasteiger partial charge in [0.25, 0.3) is 0 Å². The zero-order valence-corrected chi connectivity index (χ0v) is 17.1. The van der Waals surface area contributed by atoms with E-state index < -0.39 is 5.60 Å². The topological polar surface area (TPSA) is 26.3 Å². The van der Waals surface area contributed by atoms with Gasteiger partial charge in [-0.05, 0) is 56.0 Å². The lowest BCUT2D eigenvalue weighted by molar-refractivity contribution is -0.149. The SMILES string of the molecule is CC(C)c1ccc(/C=C(\CSc2ccccc2)C(=O)OC(C)(C)C)cc1.